The van der Waals surface area contributed by atoms with Crippen LogP contribution in [0.25, 0.3) is 17.3 Å². The van der Waals surface area contributed by atoms with Gasteiger partial charge in [-0.25, -0.2) is 22.8 Å². The van der Waals surface area contributed by atoms with Gasteiger partial charge in [-0.2, -0.15) is 0 Å². The van der Waals surface area contributed by atoms with Gasteiger partial charge in [0.2, 0.25) is 16.0 Å². The third kappa shape index (κ3) is 5.89. The molecule has 2 N–H and O–H groups in total. The van der Waals surface area contributed by atoms with Gasteiger partial charge < -0.3 is 9.84 Å². The molecule has 172 valence electrons. The van der Waals surface area contributed by atoms with Crippen LogP contribution in [0.5, 0.6) is 0 Å². The molecule has 0 bridgehead atoms. The molecule has 0 aliphatic carbocycles. The van der Waals surface area contributed by atoms with E-state index < -0.39 is 34.0 Å². The average Bonchev–Trinajstić information content (AvgIpc) is 2.72. The number of halogens is 1. The Morgan fingerprint density at radius 3 is 2.56 bits per heavy atom. The van der Waals surface area contributed by atoms with Gasteiger partial charge in [-0.05, 0) is 43.2 Å². The predicted molar refractivity (Wildman–Crippen MR) is 119 cm³/mol. The van der Waals surface area contributed by atoms with Crippen LogP contribution in [-0.2, 0) is 19.6 Å². The normalized spacial score (nSPS) is 19.4. The molecular weight excluding hydrogens is 437 g/mol. The molecule has 0 amide bonds. The second kappa shape index (κ2) is 9.74. The number of sulfonamides is 1. The number of carbonyl (C=O) groups excluding carboxylic acids is 1. The van der Waals surface area contributed by atoms with E-state index in [2.05, 4.69) is 14.7 Å². The first kappa shape index (κ1) is 23.8. The summed E-state index contributed by atoms with van der Waals surface area (Å²) in [6.45, 7) is 5.30. The Bertz CT molecular complexity index is 1120. The lowest BCUT2D eigenvalue weighted by Crippen LogP contribution is -2.31. The van der Waals surface area contributed by atoms with E-state index in [0.29, 0.717) is 22.5 Å². The number of rotatable bonds is 7. The Balaban J connectivity index is 2.13. The van der Waals surface area contributed by atoms with Gasteiger partial charge in [-0.3, -0.25) is 9.52 Å². The van der Waals surface area contributed by atoms with Gasteiger partial charge in [0, 0.05) is 17.5 Å². The number of hydrogen-bond acceptors (Lipinski definition) is 7. The number of nitrogens with one attached hydrogen (secondary N) is 1. The van der Waals surface area contributed by atoms with E-state index >= 15 is 0 Å². The van der Waals surface area contributed by atoms with E-state index in [0.717, 1.165) is 0 Å². The number of anilines is 1. The highest BCUT2D eigenvalue weighted by atomic mass is 32.2. The highest BCUT2D eigenvalue weighted by molar-refractivity contribution is 7.92. The Kier molecular flexibility index (Phi) is 7.25. The largest absolute Gasteiger partial charge is 0.458 e. The lowest BCUT2D eigenvalue weighted by molar-refractivity contribution is -0.156. The first-order valence-electron chi connectivity index (χ1n) is 10.3. The molecule has 0 unspecified atom stereocenters. The monoisotopic (exact) mass is 463 g/mol. The molecular formula is C22H26FN3O5S. The Hall–Kier alpha value is -2.85. The second-order valence-electron chi connectivity index (χ2n) is 7.84. The van der Waals surface area contributed by atoms with Gasteiger partial charge in [0.05, 0.1) is 29.7 Å². The fourth-order valence-electron chi connectivity index (χ4n) is 3.31. The van der Waals surface area contributed by atoms with Crippen LogP contribution >= 0.6 is 0 Å². The molecule has 0 spiro atoms. The van der Waals surface area contributed by atoms with Crippen molar-refractivity contribution in [2.24, 2.45) is 0 Å². The number of esters is 1. The SMILES string of the molecule is CCS(=O)(=O)Nc1nc(-c2ccc(F)cc2)c(/C=C/[C@@H]2C[C@@H](O)CC(=O)O2)c(C(C)C)n1. The summed E-state index contributed by atoms with van der Waals surface area (Å²) in [5, 5.41) is 9.86. The molecule has 3 rings (SSSR count). The van der Waals surface area contributed by atoms with Crippen molar-refractivity contribution >= 4 is 28.0 Å². The summed E-state index contributed by atoms with van der Waals surface area (Å²) in [7, 11) is -3.61. The first-order chi connectivity index (χ1) is 15.1. The van der Waals surface area contributed by atoms with Crippen LogP contribution in [0.4, 0.5) is 10.3 Å². The average molecular weight is 464 g/mol. The molecule has 1 aromatic heterocycles. The van der Waals surface area contributed by atoms with Gasteiger partial charge in [-0.15, -0.1) is 0 Å². The molecule has 8 nitrogen and oxygen atoms in total. The van der Waals surface area contributed by atoms with Crippen LogP contribution in [0.1, 0.15) is 50.8 Å². The van der Waals surface area contributed by atoms with Crippen LogP contribution in [0, 0.1) is 5.82 Å². The number of aliphatic hydroxyl groups is 1. The molecule has 2 heterocycles. The van der Waals surface area contributed by atoms with Crippen LogP contribution in [-0.4, -0.2) is 47.4 Å². The molecule has 1 aliphatic rings. The zero-order valence-electron chi connectivity index (χ0n) is 18.1. The van der Waals surface area contributed by atoms with E-state index in [9.17, 15) is 22.7 Å². The number of aromatic nitrogens is 2. The van der Waals surface area contributed by atoms with Crippen molar-refractivity contribution in [3.63, 3.8) is 0 Å². The van der Waals surface area contributed by atoms with Crippen molar-refractivity contribution in [2.75, 3.05) is 10.5 Å². The predicted octanol–water partition coefficient (Wildman–Crippen LogP) is 3.25. The number of cyclic esters (lactones) is 1. The maximum atomic E-state index is 13.5. The lowest BCUT2D eigenvalue weighted by Gasteiger charge is -2.23. The summed E-state index contributed by atoms with van der Waals surface area (Å²) in [5.74, 6) is -1.23. The summed E-state index contributed by atoms with van der Waals surface area (Å²) in [5.41, 5.74) is 2.11. The fourth-order valence-corrected chi connectivity index (χ4v) is 3.82. The second-order valence-corrected chi connectivity index (χ2v) is 9.85. The van der Waals surface area contributed by atoms with Gasteiger partial charge in [0.15, 0.2) is 0 Å². The fraction of sp³-hybridized carbons (Fsp3) is 0.409. The van der Waals surface area contributed by atoms with Gasteiger partial charge in [0.1, 0.15) is 11.9 Å². The molecule has 1 aromatic carbocycles. The lowest BCUT2D eigenvalue weighted by atomic mass is 9.97. The van der Waals surface area contributed by atoms with Crippen molar-refractivity contribution in [3.05, 3.63) is 47.4 Å². The molecule has 32 heavy (non-hydrogen) atoms. The zero-order chi connectivity index (χ0) is 23.5. The summed E-state index contributed by atoms with van der Waals surface area (Å²) < 4.78 is 45.4. The Morgan fingerprint density at radius 1 is 1.28 bits per heavy atom. The van der Waals surface area contributed by atoms with E-state index in [-0.39, 0.29) is 30.5 Å². The number of aliphatic hydroxyl groups excluding tert-OH is 1. The summed E-state index contributed by atoms with van der Waals surface area (Å²) in [6.07, 6.45) is 2.16. The number of ether oxygens (including phenoxy) is 1. The maximum absolute atomic E-state index is 13.5. The van der Waals surface area contributed by atoms with Crippen molar-refractivity contribution < 1.29 is 27.4 Å². The molecule has 1 fully saturated rings. The Morgan fingerprint density at radius 2 is 1.97 bits per heavy atom. The van der Waals surface area contributed by atoms with Crippen molar-refractivity contribution in [3.8, 4) is 11.3 Å². The van der Waals surface area contributed by atoms with Crippen molar-refractivity contribution in [1.82, 2.24) is 9.97 Å². The molecule has 1 aliphatic heterocycles. The minimum atomic E-state index is -3.61. The van der Waals surface area contributed by atoms with Crippen LogP contribution < -0.4 is 4.72 Å². The third-order valence-corrected chi connectivity index (χ3v) is 6.19. The van der Waals surface area contributed by atoms with E-state index in [1.807, 2.05) is 13.8 Å². The smallest absolute Gasteiger partial charge is 0.309 e. The van der Waals surface area contributed by atoms with Crippen LogP contribution in [0.3, 0.4) is 0 Å². The number of hydrogen-bond donors (Lipinski definition) is 2. The summed E-state index contributed by atoms with van der Waals surface area (Å²) in [4.78, 5) is 20.5. The zero-order valence-corrected chi connectivity index (χ0v) is 18.9. The highest BCUT2D eigenvalue weighted by Gasteiger charge is 2.26. The highest BCUT2D eigenvalue weighted by Crippen LogP contribution is 2.31. The molecule has 0 saturated carbocycles. The minimum Gasteiger partial charge on any atom is -0.458 e. The number of carbonyl (C=O) groups is 1. The molecule has 1 saturated heterocycles. The summed E-state index contributed by atoms with van der Waals surface area (Å²) in [6, 6.07) is 5.66. The number of benzene rings is 1. The molecule has 2 aromatic rings. The quantitative estimate of drug-likeness (QED) is 0.605. The van der Waals surface area contributed by atoms with E-state index in [1.54, 1.807) is 24.3 Å². The summed E-state index contributed by atoms with van der Waals surface area (Å²) >= 11 is 0. The van der Waals surface area contributed by atoms with E-state index in [4.69, 9.17) is 4.74 Å². The van der Waals surface area contributed by atoms with Crippen molar-refractivity contribution in [2.45, 2.75) is 51.7 Å². The van der Waals surface area contributed by atoms with E-state index in [1.165, 1.54) is 19.1 Å². The Labute approximate surface area is 186 Å². The molecule has 0 radical (unpaired) electrons. The standard InChI is InChI=1S/C22H26FN3O5S/c1-4-32(29,30)26-22-24-20(13(2)3)18(10-9-17-11-16(27)12-19(28)31-17)21(25-22)14-5-7-15(23)8-6-14/h5-10,13,16-17,27H,4,11-12H2,1-3H3,(H,24,25,26)/b10-9+/t16-,17-/m1/s1. The van der Waals surface area contributed by atoms with Gasteiger partial charge in [-0.1, -0.05) is 19.9 Å². The minimum absolute atomic E-state index is 0.0439. The topological polar surface area (TPSA) is 118 Å². The number of nitrogens with zero attached hydrogens (tertiary/aromatic N) is 2. The third-order valence-electron chi connectivity index (χ3n) is 4.93. The molecule has 10 heteroatoms. The van der Waals surface area contributed by atoms with Crippen LogP contribution in [0.15, 0.2) is 30.3 Å². The van der Waals surface area contributed by atoms with Gasteiger partial charge >= 0.3 is 5.97 Å². The van der Waals surface area contributed by atoms with Crippen molar-refractivity contribution in [1.29, 1.82) is 0 Å². The molecule has 2 atom stereocenters. The van der Waals surface area contributed by atoms with Crippen LogP contribution in [0.2, 0.25) is 0 Å². The van der Waals surface area contributed by atoms with Gasteiger partial charge in [0.25, 0.3) is 0 Å². The first-order valence-corrected chi connectivity index (χ1v) is 12.0. The maximum Gasteiger partial charge on any atom is 0.309 e.